The molecule has 0 radical (unpaired) electrons. The molecule has 0 aliphatic heterocycles. The molecule has 4 nitrogen and oxygen atoms in total. The third kappa shape index (κ3) is 2.74. The van der Waals surface area contributed by atoms with Gasteiger partial charge in [-0.3, -0.25) is 0 Å². The Hall–Kier alpha value is -2.33. The monoisotopic (exact) mass is 252 g/mol. The van der Waals surface area contributed by atoms with Crippen LogP contribution in [0.5, 0.6) is 0 Å². The van der Waals surface area contributed by atoms with Crippen molar-refractivity contribution in [2.75, 3.05) is 5.73 Å². The number of nitrogen functional groups attached to an aromatic ring is 1. The highest BCUT2D eigenvalue weighted by Gasteiger charge is 2.01. The lowest BCUT2D eigenvalue weighted by atomic mass is 10.2. The molecule has 0 aliphatic carbocycles. The van der Waals surface area contributed by atoms with Crippen LogP contribution in [0.15, 0.2) is 48.5 Å². The second-order valence-corrected chi connectivity index (χ2v) is 4.55. The van der Waals surface area contributed by atoms with Gasteiger partial charge in [0.2, 0.25) is 0 Å². The second-order valence-electron chi connectivity index (χ2n) is 4.55. The summed E-state index contributed by atoms with van der Waals surface area (Å²) in [5.74, 6) is 0.955. The summed E-state index contributed by atoms with van der Waals surface area (Å²) in [6.45, 7) is 1.52. The largest absolute Gasteiger partial charge is 0.399 e. The van der Waals surface area contributed by atoms with Crippen molar-refractivity contribution in [3.05, 3.63) is 59.9 Å². The Morgan fingerprint density at radius 2 is 1.79 bits per heavy atom. The summed E-state index contributed by atoms with van der Waals surface area (Å²) in [7, 11) is 0. The minimum atomic E-state index is 0.721. The van der Waals surface area contributed by atoms with Crippen LogP contribution in [0.1, 0.15) is 11.4 Å². The normalized spacial score (nSPS) is 10.9. The van der Waals surface area contributed by atoms with Gasteiger partial charge in [0.25, 0.3) is 0 Å². The van der Waals surface area contributed by atoms with Crippen LogP contribution < -0.4 is 11.1 Å². The number of benzene rings is 2. The van der Waals surface area contributed by atoms with Crippen LogP contribution in [-0.2, 0) is 13.1 Å². The first-order valence-electron chi connectivity index (χ1n) is 6.30. The minimum Gasteiger partial charge on any atom is -0.399 e. The van der Waals surface area contributed by atoms with Crippen LogP contribution in [-0.4, -0.2) is 9.97 Å². The van der Waals surface area contributed by atoms with E-state index in [-0.39, 0.29) is 0 Å². The molecule has 0 amide bonds. The van der Waals surface area contributed by atoms with Crippen molar-refractivity contribution in [1.29, 1.82) is 0 Å². The zero-order valence-corrected chi connectivity index (χ0v) is 10.6. The standard InChI is InChI=1S/C15H16N4/c16-12-7-5-11(6-8-12)9-17-10-15-18-13-3-1-2-4-14(13)19-15/h1-8,17H,9-10,16H2,(H,18,19). The van der Waals surface area contributed by atoms with Gasteiger partial charge in [-0.1, -0.05) is 24.3 Å². The molecule has 0 saturated heterocycles. The highest BCUT2D eigenvalue weighted by atomic mass is 15.0. The molecule has 1 aromatic heterocycles. The van der Waals surface area contributed by atoms with Gasteiger partial charge in [-0.25, -0.2) is 4.98 Å². The second kappa shape index (κ2) is 5.12. The maximum absolute atomic E-state index is 5.65. The zero-order chi connectivity index (χ0) is 13.1. The Labute approximate surface area is 111 Å². The molecule has 96 valence electrons. The van der Waals surface area contributed by atoms with Crippen LogP contribution >= 0.6 is 0 Å². The van der Waals surface area contributed by atoms with Gasteiger partial charge in [0.1, 0.15) is 5.82 Å². The van der Waals surface area contributed by atoms with E-state index in [1.165, 1.54) is 5.56 Å². The van der Waals surface area contributed by atoms with Crippen molar-refractivity contribution in [3.63, 3.8) is 0 Å². The van der Waals surface area contributed by atoms with E-state index >= 15 is 0 Å². The van der Waals surface area contributed by atoms with Gasteiger partial charge in [0.15, 0.2) is 0 Å². The Bertz CT molecular complexity index is 637. The predicted octanol–water partition coefficient (Wildman–Crippen LogP) is 2.43. The summed E-state index contributed by atoms with van der Waals surface area (Å²) in [5, 5.41) is 3.36. The summed E-state index contributed by atoms with van der Waals surface area (Å²) in [6.07, 6.45) is 0. The predicted molar refractivity (Wildman–Crippen MR) is 77.5 cm³/mol. The molecule has 4 heteroatoms. The molecule has 0 spiro atoms. The van der Waals surface area contributed by atoms with Crippen molar-refractivity contribution in [3.8, 4) is 0 Å². The fraction of sp³-hybridized carbons (Fsp3) is 0.133. The van der Waals surface area contributed by atoms with Crippen molar-refractivity contribution in [1.82, 2.24) is 15.3 Å². The van der Waals surface area contributed by atoms with Crippen LogP contribution in [0, 0.1) is 0 Å². The van der Waals surface area contributed by atoms with E-state index in [4.69, 9.17) is 5.73 Å². The first-order chi connectivity index (χ1) is 9.31. The molecule has 1 heterocycles. The summed E-state index contributed by atoms with van der Waals surface area (Å²) >= 11 is 0. The molecule has 0 saturated carbocycles. The van der Waals surface area contributed by atoms with E-state index < -0.39 is 0 Å². The molecule has 2 aromatic carbocycles. The van der Waals surface area contributed by atoms with Crippen molar-refractivity contribution in [2.24, 2.45) is 0 Å². The molecule has 19 heavy (non-hydrogen) atoms. The molecule has 0 fully saturated rings. The Morgan fingerprint density at radius 1 is 1.00 bits per heavy atom. The minimum absolute atomic E-state index is 0.721. The Kier molecular flexibility index (Phi) is 3.16. The maximum atomic E-state index is 5.65. The van der Waals surface area contributed by atoms with Gasteiger partial charge in [0.05, 0.1) is 17.6 Å². The number of aromatic amines is 1. The molecule has 3 rings (SSSR count). The number of imidazole rings is 1. The topological polar surface area (TPSA) is 66.7 Å². The van der Waals surface area contributed by atoms with E-state index in [0.717, 1.165) is 35.6 Å². The van der Waals surface area contributed by atoms with Crippen molar-refractivity contribution < 1.29 is 0 Å². The van der Waals surface area contributed by atoms with E-state index in [0.29, 0.717) is 0 Å². The molecule has 0 aliphatic rings. The summed E-state index contributed by atoms with van der Waals surface area (Å²) in [6, 6.07) is 15.9. The zero-order valence-electron chi connectivity index (χ0n) is 10.6. The fourth-order valence-electron chi connectivity index (χ4n) is 2.05. The molecular formula is C15H16N4. The summed E-state index contributed by atoms with van der Waals surface area (Å²) < 4.78 is 0. The average molecular weight is 252 g/mol. The van der Waals surface area contributed by atoms with Gasteiger partial charge in [-0.05, 0) is 29.8 Å². The number of hydrogen-bond donors (Lipinski definition) is 3. The third-order valence-corrected chi connectivity index (χ3v) is 3.04. The van der Waals surface area contributed by atoms with Crippen molar-refractivity contribution >= 4 is 16.7 Å². The number of para-hydroxylation sites is 2. The maximum Gasteiger partial charge on any atom is 0.121 e. The highest BCUT2D eigenvalue weighted by molar-refractivity contribution is 5.74. The van der Waals surface area contributed by atoms with Crippen LogP contribution in [0.4, 0.5) is 5.69 Å². The highest BCUT2D eigenvalue weighted by Crippen LogP contribution is 2.10. The molecule has 4 N–H and O–H groups in total. The number of anilines is 1. The number of hydrogen-bond acceptors (Lipinski definition) is 3. The number of aromatic nitrogens is 2. The summed E-state index contributed by atoms with van der Waals surface area (Å²) in [5.41, 5.74) is 9.74. The van der Waals surface area contributed by atoms with Crippen LogP contribution in [0.25, 0.3) is 11.0 Å². The van der Waals surface area contributed by atoms with E-state index in [1.54, 1.807) is 0 Å². The van der Waals surface area contributed by atoms with Gasteiger partial charge < -0.3 is 16.0 Å². The molecule has 0 bridgehead atoms. The van der Waals surface area contributed by atoms with Gasteiger partial charge in [0, 0.05) is 12.2 Å². The van der Waals surface area contributed by atoms with Crippen LogP contribution in [0.3, 0.4) is 0 Å². The number of nitrogens with zero attached hydrogens (tertiary/aromatic N) is 1. The molecule has 0 unspecified atom stereocenters. The van der Waals surface area contributed by atoms with Crippen molar-refractivity contribution in [2.45, 2.75) is 13.1 Å². The lowest BCUT2D eigenvalue weighted by Gasteiger charge is -2.03. The van der Waals surface area contributed by atoms with Gasteiger partial charge in [-0.15, -0.1) is 0 Å². The molecule has 0 atom stereocenters. The Balaban J connectivity index is 1.61. The SMILES string of the molecule is Nc1ccc(CNCc2nc3ccccc3[nH]2)cc1. The van der Waals surface area contributed by atoms with Gasteiger partial charge in [-0.2, -0.15) is 0 Å². The quantitative estimate of drug-likeness (QED) is 0.625. The van der Waals surface area contributed by atoms with Crippen LogP contribution in [0.2, 0.25) is 0 Å². The van der Waals surface area contributed by atoms with Gasteiger partial charge >= 0.3 is 0 Å². The van der Waals surface area contributed by atoms with E-state index in [9.17, 15) is 0 Å². The number of rotatable bonds is 4. The number of nitrogens with two attached hydrogens (primary N) is 1. The summed E-state index contributed by atoms with van der Waals surface area (Å²) in [4.78, 5) is 7.82. The first-order valence-corrected chi connectivity index (χ1v) is 6.30. The molecule has 3 aromatic rings. The lowest BCUT2D eigenvalue weighted by Crippen LogP contribution is -2.13. The third-order valence-electron chi connectivity index (χ3n) is 3.04. The fourth-order valence-corrected chi connectivity index (χ4v) is 2.05. The molecular weight excluding hydrogens is 236 g/mol. The first kappa shape index (κ1) is 11.7. The average Bonchev–Trinajstić information content (AvgIpc) is 2.83. The number of nitrogens with one attached hydrogen (secondary N) is 2. The number of H-pyrrole nitrogens is 1. The van der Waals surface area contributed by atoms with E-state index in [2.05, 4.69) is 15.3 Å². The lowest BCUT2D eigenvalue weighted by molar-refractivity contribution is 0.670. The number of fused-ring (bicyclic) bond motifs is 1. The smallest absolute Gasteiger partial charge is 0.121 e. The Morgan fingerprint density at radius 3 is 2.58 bits per heavy atom. The van der Waals surface area contributed by atoms with E-state index in [1.807, 2.05) is 48.5 Å².